The number of rotatable bonds is 6. The van der Waals surface area contributed by atoms with Gasteiger partial charge in [-0.25, -0.2) is 0 Å². The standard InChI is InChI=1S/C22H27N5O2/c23-18-7-3-4-8-19(18)26-22(29)20-10-9-15(13-24-20)21(28)25-14-17-11-12-27(17)16-5-1-2-6-16/h3-4,7-10,13,16-17H,1-2,5-6,11-12,14,23H2,(H,25,28)(H,26,29)/t17-/m0/s1. The molecule has 7 nitrogen and oxygen atoms in total. The maximum absolute atomic E-state index is 12.4. The third-order valence-corrected chi connectivity index (χ3v) is 5.95. The van der Waals surface area contributed by atoms with Crippen LogP contribution in [0.2, 0.25) is 0 Å². The number of nitrogens with one attached hydrogen (secondary N) is 2. The van der Waals surface area contributed by atoms with Crippen LogP contribution in [0.3, 0.4) is 0 Å². The second kappa shape index (κ2) is 8.61. The van der Waals surface area contributed by atoms with E-state index in [9.17, 15) is 9.59 Å². The van der Waals surface area contributed by atoms with Gasteiger partial charge < -0.3 is 16.4 Å². The summed E-state index contributed by atoms with van der Waals surface area (Å²) in [5, 5.41) is 5.74. The minimum atomic E-state index is -0.364. The number of hydrogen-bond donors (Lipinski definition) is 3. The summed E-state index contributed by atoms with van der Waals surface area (Å²) < 4.78 is 0. The van der Waals surface area contributed by atoms with E-state index < -0.39 is 0 Å². The number of anilines is 2. The zero-order valence-electron chi connectivity index (χ0n) is 16.4. The summed E-state index contributed by atoms with van der Waals surface area (Å²) in [5.74, 6) is -0.522. The largest absolute Gasteiger partial charge is 0.397 e. The molecule has 1 atom stereocenters. The number of carbonyl (C=O) groups excluding carboxylic acids is 2. The summed E-state index contributed by atoms with van der Waals surface area (Å²) in [7, 11) is 0. The first-order valence-corrected chi connectivity index (χ1v) is 10.3. The van der Waals surface area contributed by atoms with Crippen LogP contribution in [0.4, 0.5) is 11.4 Å². The summed E-state index contributed by atoms with van der Waals surface area (Å²) in [6.45, 7) is 1.80. The minimum absolute atomic E-state index is 0.157. The lowest BCUT2D eigenvalue weighted by molar-refractivity contribution is 0.0425. The Balaban J connectivity index is 1.30. The van der Waals surface area contributed by atoms with E-state index in [1.54, 1.807) is 36.4 Å². The predicted octanol–water partition coefficient (Wildman–Crippen LogP) is 2.66. The fraction of sp³-hybridized carbons (Fsp3) is 0.409. The Bertz CT molecular complexity index is 877. The first-order valence-electron chi connectivity index (χ1n) is 10.3. The molecule has 1 saturated heterocycles. The molecule has 152 valence electrons. The van der Waals surface area contributed by atoms with Gasteiger partial charge in [0.2, 0.25) is 0 Å². The zero-order chi connectivity index (χ0) is 20.2. The second-order valence-electron chi connectivity index (χ2n) is 7.80. The van der Waals surface area contributed by atoms with Gasteiger partial charge in [0.15, 0.2) is 0 Å². The van der Waals surface area contributed by atoms with Gasteiger partial charge in [-0.1, -0.05) is 25.0 Å². The van der Waals surface area contributed by atoms with Crippen molar-refractivity contribution < 1.29 is 9.59 Å². The smallest absolute Gasteiger partial charge is 0.274 e. The lowest BCUT2D eigenvalue weighted by Crippen LogP contribution is -2.56. The maximum Gasteiger partial charge on any atom is 0.274 e. The van der Waals surface area contributed by atoms with Crippen molar-refractivity contribution >= 4 is 23.2 Å². The molecule has 0 bridgehead atoms. The molecular formula is C22H27N5O2. The number of nitrogen functional groups attached to an aromatic ring is 1. The van der Waals surface area contributed by atoms with E-state index >= 15 is 0 Å². The molecule has 4 rings (SSSR count). The van der Waals surface area contributed by atoms with Crippen molar-refractivity contribution in [3.63, 3.8) is 0 Å². The van der Waals surface area contributed by atoms with Crippen molar-refractivity contribution in [2.45, 2.75) is 44.2 Å². The zero-order valence-corrected chi connectivity index (χ0v) is 16.4. The van der Waals surface area contributed by atoms with Gasteiger partial charge >= 0.3 is 0 Å². The van der Waals surface area contributed by atoms with Crippen molar-refractivity contribution in [3.05, 3.63) is 53.9 Å². The highest BCUT2D eigenvalue weighted by atomic mass is 16.2. The van der Waals surface area contributed by atoms with Crippen LogP contribution < -0.4 is 16.4 Å². The third kappa shape index (κ3) is 4.40. The number of hydrogen-bond acceptors (Lipinski definition) is 5. The molecule has 1 aromatic heterocycles. The lowest BCUT2D eigenvalue weighted by Gasteiger charge is -2.45. The molecular weight excluding hydrogens is 366 g/mol. The van der Waals surface area contributed by atoms with Gasteiger partial charge in [0, 0.05) is 31.4 Å². The van der Waals surface area contributed by atoms with Crippen molar-refractivity contribution in [3.8, 4) is 0 Å². The highest BCUT2D eigenvalue weighted by Crippen LogP contribution is 2.30. The Morgan fingerprint density at radius 3 is 2.52 bits per heavy atom. The molecule has 29 heavy (non-hydrogen) atoms. The molecule has 7 heteroatoms. The molecule has 2 heterocycles. The number of nitrogens with two attached hydrogens (primary N) is 1. The quantitative estimate of drug-likeness (QED) is 0.655. The van der Waals surface area contributed by atoms with Crippen LogP contribution >= 0.6 is 0 Å². The molecule has 0 radical (unpaired) electrons. The van der Waals surface area contributed by atoms with Crippen LogP contribution in [-0.2, 0) is 0 Å². The molecule has 1 aliphatic heterocycles. The van der Waals surface area contributed by atoms with Gasteiger partial charge in [-0.3, -0.25) is 19.5 Å². The Morgan fingerprint density at radius 2 is 1.86 bits per heavy atom. The van der Waals surface area contributed by atoms with E-state index in [1.807, 2.05) is 0 Å². The lowest BCUT2D eigenvalue weighted by atomic mass is 9.98. The van der Waals surface area contributed by atoms with Crippen LogP contribution in [-0.4, -0.2) is 46.9 Å². The normalized spacial score (nSPS) is 19.5. The molecule has 1 aromatic carbocycles. The molecule has 0 unspecified atom stereocenters. The van der Waals surface area contributed by atoms with Crippen molar-refractivity contribution in [2.24, 2.45) is 0 Å². The van der Waals surface area contributed by atoms with Crippen molar-refractivity contribution in [1.29, 1.82) is 0 Å². The molecule has 2 aliphatic rings. The Hall–Kier alpha value is -2.93. The summed E-state index contributed by atoms with van der Waals surface area (Å²) in [6, 6.07) is 11.4. The molecule has 0 spiro atoms. The first kappa shape index (κ1) is 19.4. The van der Waals surface area contributed by atoms with E-state index in [-0.39, 0.29) is 17.5 Å². The van der Waals surface area contributed by atoms with E-state index in [1.165, 1.54) is 31.9 Å². The van der Waals surface area contributed by atoms with Crippen LogP contribution in [0.5, 0.6) is 0 Å². The summed E-state index contributed by atoms with van der Waals surface area (Å²) >= 11 is 0. The Morgan fingerprint density at radius 1 is 1.07 bits per heavy atom. The van der Waals surface area contributed by atoms with Gasteiger partial charge in [-0.15, -0.1) is 0 Å². The molecule has 4 N–H and O–H groups in total. The second-order valence-corrected chi connectivity index (χ2v) is 7.80. The topological polar surface area (TPSA) is 100 Å². The van der Waals surface area contributed by atoms with Crippen LogP contribution in [0.1, 0.15) is 53.0 Å². The highest BCUT2D eigenvalue weighted by molar-refractivity contribution is 6.04. The average Bonchev–Trinajstić information content (AvgIpc) is 3.23. The number of carbonyl (C=O) groups is 2. The monoisotopic (exact) mass is 393 g/mol. The van der Waals surface area contributed by atoms with Gasteiger partial charge in [-0.05, 0) is 43.5 Å². The van der Waals surface area contributed by atoms with E-state index in [0.717, 1.165) is 13.0 Å². The molecule has 1 saturated carbocycles. The van der Waals surface area contributed by atoms with E-state index in [2.05, 4.69) is 20.5 Å². The third-order valence-electron chi connectivity index (χ3n) is 5.95. The number of pyridine rings is 1. The van der Waals surface area contributed by atoms with Crippen molar-refractivity contribution in [1.82, 2.24) is 15.2 Å². The molecule has 1 aliphatic carbocycles. The number of amides is 2. The van der Waals surface area contributed by atoms with E-state index in [0.29, 0.717) is 35.6 Å². The summed E-state index contributed by atoms with van der Waals surface area (Å²) in [5.41, 5.74) is 7.55. The van der Waals surface area contributed by atoms with Crippen LogP contribution in [0, 0.1) is 0 Å². The van der Waals surface area contributed by atoms with Gasteiger partial charge in [0.1, 0.15) is 5.69 Å². The summed E-state index contributed by atoms with van der Waals surface area (Å²) in [4.78, 5) is 31.5. The fourth-order valence-electron chi connectivity index (χ4n) is 4.17. The van der Waals surface area contributed by atoms with Gasteiger partial charge in [-0.2, -0.15) is 0 Å². The van der Waals surface area contributed by atoms with Crippen LogP contribution in [0.15, 0.2) is 42.6 Å². The number of para-hydroxylation sites is 2. The number of benzene rings is 1. The highest BCUT2D eigenvalue weighted by Gasteiger charge is 2.35. The Labute approximate surface area is 170 Å². The molecule has 2 amide bonds. The fourth-order valence-corrected chi connectivity index (χ4v) is 4.17. The van der Waals surface area contributed by atoms with Gasteiger partial charge in [0.25, 0.3) is 11.8 Å². The van der Waals surface area contributed by atoms with E-state index in [4.69, 9.17) is 5.73 Å². The number of likely N-dealkylation sites (tertiary alicyclic amines) is 1. The predicted molar refractivity (Wildman–Crippen MR) is 113 cm³/mol. The first-order chi connectivity index (χ1) is 14.1. The molecule has 2 aromatic rings. The SMILES string of the molecule is Nc1ccccc1NC(=O)c1ccc(C(=O)NC[C@@H]2CCN2C2CCCC2)cn1. The molecule has 2 fully saturated rings. The minimum Gasteiger partial charge on any atom is -0.397 e. The maximum atomic E-state index is 12.4. The number of nitrogens with zero attached hydrogens (tertiary/aromatic N) is 2. The number of aromatic nitrogens is 1. The summed E-state index contributed by atoms with van der Waals surface area (Å²) in [6.07, 6.45) is 7.79. The Kier molecular flexibility index (Phi) is 5.76. The van der Waals surface area contributed by atoms with Crippen molar-refractivity contribution in [2.75, 3.05) is 24.1 Å². The van der Waals surface area contributed by atoms with Gasteiger partial charge in [0.05, 0.1) is 16.9 Å². The van der Waals surface area contributed by atoms with Crippen LogP contribution in [0.25, 0.3) is 0 Å². The average molecular weight is 393 g/mol.